The highest BCUT2D eigenvalue weighted by Gasteiger charge is 2.77. The summed E-state index contributed by atoms with van der Waals surface area (Å²) in [4.78, 5) is 12.9. The van der Waals surface area contributed by atoms with Gasteiger partial charge in [0.15, 0.2) is 5.60 Å². The van der Waals surface area contributed by atoms with E-state index in [0.717, 1.165) is 26.8 Å². The van der Waals surface area contributed by atoms with Crippen LogP contribution in [0.2, 0.25) is 0 Å². The van der Waals surface area contributed by atoms with Gasteiger partial charge < -0.3 is 34.6 Å². The molecule has 0 radical (unpaired) electrons. The van der Waals surface area contributed by atoms with Crippen LogP contribution in [0, 0.1) is 23.7 Å². The van der Waals surface area contributed by atoms with E-state index in [0.29, 0.717) is 17.6 Å². The number of hydrogen-bond donors (Lipinski definition) is 4. The first-order valence-electron chi connectivity index (χ1n) is 12.8. The fraction of sp³-hybridized carbons (Fsp3) is 0.692. The third-order valence-electron chi connectivity index (χ3n) is 9.36. The average Bonchev–Trinajstić information content (AvgIpc) is 3.27. The van der Waals surface area contributed by atoms with E-state index in [4.69, 9.17) is 24.0 Å². The maximum absolute atomic E-state index is 10.3. The van der Waals surface area contributed by atoms with Crippen LogP contribution in [0.4, 0.5) is 0 Å². The van der Waals surface area contributed by atoms with Crippen LogP contribution < -0.4 is 4.74 Å². The Morgan fingerprint density at radius 2 is 1.67 bits per heavy atom. The van der Waals surface area contributed by atoms with Crippen molar-refractivity contribution >= 4 is 21.4 Å². The third kappa shape index (κ3) is 3.11. The zero-order valence-electron chi connectivity index (χ0n) is 20.0. The van der Waals surface area contributed by atoms with Crippen LogP contribution >= 0.6 is 11.3 Å². The van der Waals surface area contributed by atoms with Gasteiger partial charge in [-0.2, -0.15) is 4.89 Å². The fourth-order valence-corrected chi connectivity index (χ4v) is 9.06. The molecule has 1 aromatic carbocycles. The molecule has 2 aromatic rings. The monoisotopic (exact) mass is 520 g/mol. The maximum atomic E-state index is 10.3. The van der Waals surface area contributed by atoms with Crippen molar-refractivity contribution in [1.29, 1.82) is 0 Å². The molecule has 196 valence electrons. The van der Waals surface area contributed by atoms with Crippen LogP contribution in [0.25, 0.3) is 10.1 Å². The number of fused-ring (bicyclic) bond motifs is 1. The van der Waals surface area contributed by atoms with Gasteiger partial charge >= 0.3 is 0 Å². The number of aliphatic hydroxyl groups excluding tert-OH is 4. The second-order valence-corrected chi connectivity index (χ2v) is 12.3. The minimum absolute atomic E-state index is 0.428. The summed E-state index contributed by atoms with van der Waals surface area (Å²) < 4.78 is 18.5. The Kier molecular flexibility index (Phi) is 5.49. The number of thiophene rings is 1. The van der Waals surface area contributed by atoms with Crippen molar-refractivity contribution in [3.63, 3.8) is 0 Å². The lowest BCUT2D eigenvalue weighted by molar-refractivity contribution is -0.644. The molecular formula is C26H32O9S. The molecule has 3 heterocycles. The van der Waals surface area contributed by atoms with E-state index < -0.39 is 48.7 Å². The molecule has 2 aliphatic heterocycles. The summed E-state index contributed by atoms with van der Waals surface area (Å²) in [5, 5.41) is 40.8. The Balaban J connectivity index is 1.18. The Morgan fingerprint density at radius 3 is 2.28 bits per heavy atom. The molecule has 36 heavy (non-hydrogen) atoms. The minimum atomic E-state index is -1.49. The lowest BCUT2D eigenvalue weighted by atomic mass is 9.47. The molecule has 8 rings (SSSR count). The van der Waals surface area contributed by atoms with E-state index in [2.05, 4.69) is 6.07 Å². The molecule has 10 heteroatoms. The van der Waals surface area contributed by atoms with E-state index in [1.165, 1.54) is 32.1 Å². The van der Waals surface area contributed by atoms with E-state index in [1.807, 2.05) is 12.1 Å². The first-order chi connectivity index (χ1) is 17.4. The number of ether oxygens (including phenoxy) is 3. The quantitative estimate of drug-likeness (QED) is 0.438. The summed E-state index contributed by atoms with van der Waals surface area (Å²) in [5.74, 6) is 1.94. The van der Waals surface area contributed by atoms with Gasteiger partial charge in [-0.1, -0.05) is 0 Å². The fourth-order valence-electron chi connectivity index (χ4n) is 7.86. The summed E-state index contributed by atoms with van der Waals surface area (Å²) in [6.07, 6.45) is -0.624. The number of aliphatic hydroxyl groups is 4. The molecule has 6 atom stereocenters. The first kappa shape index (κ1) is 23.8. The van der Waals surface area contributed by atoms with Gasteiger partial charge in [-0.05, 0) is 85.4 Å². The Hall–Kier alpha value is -1.34. The highest BCUT2D eigenvalue weighted by atomic mass is 32.1. The predicted octanol–water partition coefficient (Wildman–Crippen LogP) is 2.04. The zero-order chi connectivity index (χ0) is 24.8. The molecule has 4 aliphatic carbocycles. The van der Waals surface area contributed by atoms with Crippen LogP contribution in [-0.2, 0) is 25.0 Å². The summed E-state index contributed by atoms with van der Waals surface area (Å²) >= 11 is 1.61. The zero-order valence-corrected chi connectivity index (χ0v) is 20.8. The summed E-state index contributed by atoms with van der Waals surface area (Å²) in [6.45, 7) is -0.510. The molecule has 1 aromatic heterocycles. The molecule has 0 amide bonds. The molecule has 6 unspecified atom stereocenters. The predicted molar refractivity (Wildman–Crippen MR) is 127 cm³/mol. The Labute approximate surface area is 212 Å². The van der Waals surface area contributed by atoms with Crippen LogP contribution in [0.5, 0.6) is 5.75 Å². The number of benzene rings is 1. The van der Waals surface area contributed by atoms with Crippen LogP contribution in [-0.4, -0.2) is 70.4 Å². The molecule has 4 bridgehead atoms. The van der Waals surface area contributed by atoms with E-state index in [1.54, 1.807) is 24.5 Å². The summed E-state index contributed by atoms with van der Waals surface area (Å²) in [7, 11) is 1.70. The molecule has 2 saturated heterocycles. The topological polar surface area (TPSA) is 127 Å². The normalized spacial score (nSPS) is 47.4. The van der Waals surface area contributed by atoms with Crippen LogP contribution in [0.3, 0.4) is 0 Å². The molecule has 6 aliphatic rings. The molecule has 1 spiro atoms. The van der Waals surface area contributed by atoms with Crippen molar-refractivity contribution in [3.05, 3.63) is 29.1 Å². The Bertz CT molecular complexity index is 1120. The number of rotatable bonds is 5. The van der Waals surface area contributed by atoms with Crippen LogP contribution in [0.1, 0.15) is 37.0 Å². The maximum Gasteiger partial charge on any atom is 0.269 e. The molecule has 9 nitrogen and oxygen atoms in total. The highest BCUT2D eigenvalue weighted by molar-refractivity contribution is 7.19. The second kappa shape index (κ2) is 8.33. The lowest BCUT2D eigenvalue weighted by Gasteiger charge is -2.68. The van der Waals surface area contributed by atoms with Gasteiger partial charge in [0.25, 0.3) is 5.79 Å². The van der Waals surface area contributed by atoms with Gasteiger partial charge in [0.1, 0.15) is 30.2 Å². The van der Waals surface area contributed by atoms with Crippen molar-refractivity contribution in [3.8, 4) is 5.75 Å². The summed E-state index contributed by atoms with van der Waals surface area (Å²) in [6, 6.07) is 7.58. The van der Waals surface area contributed by atoms with E-state index in [9.17, 15) is 20.4 Å². The van der Waals surface area contributed by atoms with Crippen molar-refractivity contribution in [2.75, 3.05) is 13.7 Å². The first-order valence-corrected chi connectivity index (χ1v) is 13.6. The Morgan fingerprint density at radius 1 is 0.944 bits per heavy atom. The number of methoxy groups -OCH3 is 1. The van der Waals surface area contributed by atoms with Crippen molar-refractivity contribution in [2.45, 2.75) is 74.2 Å². The van der Waals surface area contributed by atoms with Gasteiger partial charge in [-0.25, -0.2) is 4.89 Å². The van der Waals surface area contributed by atoms with Gasteiger partial charge in [0, 0.05) is 11.8 Å². The third-order valence-corrected chi connectivity index (χ3v) is 10.6. The number of hydrogen-bond acceptors (Lipinski definition) is 10. The van der Waals surface area contributed by atoms with Gasteiger partial charge in [-0.15, -0.1) is 11.3 Å². The second-order valence-electron chi connectivity index (χ2n) is 11.2. The SMILES string of the molecule is COC1(c2cc3cc(OC4OC(CO)C(O)C(O)C4O)ccc3s2)OOC12C1CC3CC(C1)CC2C3. The molecular weight excluding hydrogens is 488 g/mol. The smallest absolute Gasteiger partial charge is 0.269 e. The molecule has 4 saturated carbocycles. The van der Waals surface area contributed by atoms with Crippen LogP contribution in [0.15, 0.2) is 24.3 Å². The standard InChI is InChI=1S/C26H32O9S/c1-31-26(25(34-35-26)15-5-12-4-13(7-15)8-16(25)6-12)20-10-14-9-17(2-3-19(14)36-20)32-24-23(30)22(29)21(28)18(11-27)33-24/h2-3,9-10,12-13,15-16,18,21-24,27-30H,4-8,11H2,1H3. The molecule has 6 fully saturated rings. The van der Waals surface area contributed by atoms with Crippen molar-refractivity contribution in [1.82, 2.24) is 0 Å². The van der Waals surface area contributed by atoms with E-state index >= 15 is 0 Å². The van der Waals surface area contributed by atoms with E-state index in [-0.39, 0.29) is 0 Å². The minimum Gasteiger partial charge on any atom is -0.462 e. The summed E-state index contributed by atoms with van der Waals surface area (Å²) in [5.41, 5.74) is -0.453. The van der Waals surface area contributed by atoms with Crippen molar-refractivity contribution < 1.29 is 44.4 Å². The highest BCUT2D eigenvalue weighted by Crippen LogP contribution is 2.70. The largest absolute Gasteiger partial charge is 0.462 e. The van der Waals surface area contributed by atoms with Gasteiger partial charge in [0.05, 0.1) is 11.5 Å². The average molecular weight is 521 g/mol. The lowest BCUT2D eigenvalue weighted by Crippen LogP contribution is -2.76. The van der Waals surface area contributed by atoms with Gasteiger partial charge in [0.2, 0.25) is 6.29 Å². The molecule has 4 N–H and O–H groups in total. The van der Waals surface area contributed by atoms with Crippen molar-refractivity contribution in [2.24, 2.45) is 23.7 Å². The van der Waals surface area contributed by atoms with Gasteiger partial charge in [-0.3, -0.25) is 0 Å².